The highest BCUT2D eigenvalue weighted by atomic mass is 79.9. The second-order valence-corrected chi connectivity index (χ2v) is 11.3. The zero-order chi connectivity index (χ0) is 26.5. The Balaban J connectivity index is 1.87. The molecule has 0 saturated carbocycles. The van der Waals surface area contributed by atoms with Crippen LogP contribution in [0.1, 0.15) is 36.6 Å². The third-order valence-electron chi connectivity index (χ3n) is 5.19. The lowest BCUT2D eigenvalue weighted by Crippen LogP contribution is -2.49. The predicted molar refractivity (Wildman–Crippen MR) is 147 cm³/mol. The minimum Gasteiger partial charge on any atom is -0.267 e. The molecule has 0 unspecified atom stereocenters. The minimum atomic E-state index is -0.829. The van der Waals surface area contributed by atoms with Crippen LogP contribution in [0.4, 0.5) is 5.69 Å². The van der Waals surface area contributed by atoms with Crippen LogP contribution < -0.4 is 0 Å². The van der Waals surface area contributed by atoms with Crippen LogP contribution in [0.2, 0.25) is 10.0 Å². The Hall–Kier alpha value is -1.83. The van der Waals surface area contributed by atoms with Crippen molar-refractivity contribution < 1.29 is 19.3 Å². The van der Waals surface area contributed by atoms with E-state index in [0.29, 0.717) is 33.5 Å². The van der Waals surface area contributed by atoms with E-state index in [2.05, 4.69) is 63.7 Å². The third kappa shape index (κ3) is 4.74. The maximum atomic E-state index is 13.7. The fourth-order valence-corrected chi connectivity index (χ4v) is 6.43. The highest BCUT2D eigenvalue weighted by Crippen LogP contribution is 2.46. The van der Waals surface area contributed by atoms with E-state index in [4.69, 9.17) is 23.2 Å². The van der Waals surface area contributed by atoms with Crippen molar-refractivity contribution in [2.75, 3.05) is 0 Å². The first-order valence-electron chi connectivity index (χ1n) is 9.69. The number of hydrogen-bond donors (Lipinski definition) is 0. The van der Waals surface area contributed by atoms with Gasteiger partial charge in [0, 0.05) is 45.6 Å². The van der Waals surface area contributed by atoms with E-state index in [0.717, 1.165) is 11.1 Å². The first kappa shape index (κ1) is 27.2. The lowest BCUT2D eigenvalue weighted by molar-refractivity contribution is -0.384. The summed E-state index contributed by atoms with van der Waals surface area (Å²) in [6, 6.07) is 9.53. The number of rotatable bonds is 5. The molecule has 0 atom stereocenters. The fraction of sp³-hybridized carbons (Fsp3) is 0.0455. The van der Waals surface area contributed by atoms with Crippen molar-refractivity contribution in [1.82, 2.24) is 10.0 Å². The third-order valence-corrected chi connectivity index (χ3v) is 10.5. The second kappa shape index (κ2) is 10.5. The van der Waals surface area contributed by atoms with Crippen LogP contribution in [-0.4, -0.2) is 32.7 Å². The van der Waals surface area contributed by atoms with Crippen LogP contribution in [-0.2, 0) is 6.54 Å². The standard InChI is InChI=1S/C22H9Br4Cl2N3O5/c23-16-14-15(17(24)19(26)18(16)25)22(34)30(21(14)33)29(8-10-4-5-11(27)7-13(10)28)20(32)9-2-1-3-12(6-9)31(35)36/h1-7H,8H2. The highest BCUT2D eigenvalue weighted by Gasteiger charge is 2.45. The van der Waals surface area contributed by atoms with Crippen molar-refractivity contribution in [2.45, 2.75) is 6.54 Å². The molecule has 1 aliphatic rings. The normalized spacial score (nSPS) is 12.7. The molecule has 0 saturated heterocycles. The topological polar surface area (TPSA) is 101 Å². The quantitative estimate of drug-likeness (QED) is 0.0865. The van der Waals surface area contributed by atoms with Gasteiger partial charge < -0.3 is 0 Å². The van der Waals surface area contributed by atoms with Gasteiger partial charge in [0.15, 0.2) is 0 Å². The number of nitro groups is 1. The van der Waals surface area contributed by atoms with Crippen molar-refractivity contribution in [3.8, 4) is 0 Å². The van der Waals surface area contributed by atoms with E-state index < -0.39 is 22.6 Å². The number of imide groups is 1. The second-order valence-electron chi connectivity index (χ2n) is 7.33. The Morgan fingerprint density at radius 3 is 2.03 bits per heavy atom. The van der Waals surface area contributed by atoms with Gasteiger partial charge in [-0.15, -0.1) is 0 Å². The predicted octanol–water partition coefficient (Wildman–Crippen LogP) is 7.81. The summed E-state index contributed by atoms with van der Waals surface area (Å²) in [5.74, 6) is -2.39. The number of carbonyl (C=O) groups is 3. The molecule has 3 amide bonds. The van der Waals surface area contributed by atoms with Crippen LogP contribution in [0.15, 0.2) is 60.4 Å². The number of non-ortho nitro benzene ring substituents is 1. The Morgan fingerprint density at radius 2 is 1.50 bits per heavy atom. The lowest BCUT2D eigenvalue weighted by Gasteiger charge is -2.30. The van der Waals surface area contributed by atoms with Gasteiger partial charge in [-0.3, -0.25) is 24.5 Å². The van der Waals surface area contributed by atoms with Gasteiger partial charge in [-0.2, -0.15) is 5.01 Å². The molecular weight excluding hydrogens is 777 g/mol. The average Bonchev–Trinajstić information content (AvgIpc) is 3.10. The molecule has 0 bridgehead atoms. The largest absolute Gasteiger partial charge is 0.282 e. The van der Waals surface area contributed by atoms with Gasteiger partial charge in [-0.1, -0.05) is 35.3 Å². The molecule has 0 spiro atoms. The van der Waals surface area contributed by atoms with Gasteiger partial charge in [-0.05, 0) is 87.5 Å². The van der Waals surface area contributed by atoms with E-state index in [1.807, 2.05) is 0 Å². The SMILES string of the molecule is O=C(c1cccc([N+](=O)[O-])c1)N(Cc1ccc(Cl)cc1Cl)N1C(=O)c2c(Br)c(Br)c(Br)c(Br)c2C1=O. The lowest BCUT2D eigenvalue weighted by atomic mass is 10.1. The Labute approximate surface area is 247 Å². The van der Waals surface area contributed by atoms with Gasteiger partial charge in [0.1, 0.15) is 0 Å². The summed E-state index contributed by atoms with van der Waals surface area (Å²) in [5, 5.41) is 13.4. The number of carbonyl (C=O) groups excluding carboxylic acids is 3. The van der Waals surface area contributed by atoms with Crippen LogP contribution in [0, 0.1) is 10.1 Å². The summed E-state index contributed by atoms with van der Waals surface area (Å²) < 4.78 is 1.57. The molecule has 0 radical (unpaired) electrons. The van der Waals surface area contributed by atoms with E-state index >= 15 is 0 Å². The van der Waals surface area contributed by atoms with E-state index in [1.54, 1.807) is 12.1 Å². The molecule has 14 heteroatoms. The highest BCUT2D eigenvalue weighted by molar-refractivity contribution is 9.15. The molecule has 1 heterocycles. The zero-order valence-electron chi connectivity index (χ0n) is 17.4. The summed E-state index contributed by atoms with van der Waals surface area (Å²) in [6.07, 6.45) is 0. The van der Waals surface area contributed by atoms with Crippen LogP contribution >= 0.6 is 86.9 Å². The summed E-state index contributed by atoms with van der Waals surface area (Å²) in [4.78, 5) is 51.5. The first-order valence-corrected chi connectivity index (χ1v) is 13.6. The molecule has 8 nitrogen and oxygen atoms in total. The molecule has 0 fully saturated rings. The van der Waals surface area contributed by atoms with Gasteiger partial charge >= 0.3 is 0 Å². The summed E-state index contributed by atoms with van der Waals surface area (Å²) in [5.41, 5.74) is 0.0104. The number of benzene rings is 3. The monoisotopic (exact) mass is 781 g/mol. The van der Waals surface area contributed by atoms with Crippen LogP contribution in [0.3, 0.4) is 0 Å². The van der Waals surface area contributed by atoms with E-state index in [1.165, 1.54) is 24.3 Å². The van der Waals surface area contributed by atoms with Crippen molar-refractivity contribution in [3.63, 3.8) is 0 Å². The number of hydrazine groups is 1. The number of nitrogens with zero attached hydrogens (tertiary/aromatic N) is 3. The first-order chi connectivity index (χ1) is 16.9. The van der Waals surface area contributed by atoms with Gasteiger partial charge in [0.25, 0.3) is 23.4 Å². The Kier molecular flexibility index (Phi) is 7.94. The summed E-state index contributed by atoms with van der Waals surface area (Å²) in [7, 11) is 0. The van der Waals surface area contributed by atoms with Crippen molar-refractivity contribution in [1.29, 1.82) is 0 Å². The van der Waals surface area contributed by atoms with Crippen molar-refractivity contribution >= 4 is 110 Å². The van der Waals surface area contributed by atoms with Crippen LogP contribution in [0.25, 0.3) is 0 Å². The van der Waals surface area contributed by atoms with Gasteiger partial charge in [0.2, 0.25) is 0 Å². The number of nitro benzene ring substituents is 1. The number of amides is 3. The molecule has 36 heavy (non-hydrogen) atoms. The Morgan fingerprint density at radius 1 is 0.917 bits per heavy atom. The van der Waals surface area contributed by atoms with Crippen molar-refractivity contribution in [3.05, 3.63) is 103 Å². The molecule has 3 aromatic carbocycles. The molecule has 0 N–H and O–H groups in total. The molecule has 3 aromatic rings. The smallest absolute Gasteiger partial charge is 0.267 e. The van der Waals surface area contributed by atoms with Gasteiger partial charge in [0.05, 0.1) is 22.6 Å². The number of fused-ring (bicyclic) bond motifs is 1. The molecule has 0 aliphatic carbocycles. The molecule has 0 aromatic heterocycles. The minimum absolute atomic E-state index is 0.0287. The summed E-state index contributed by atoms with van der Waals surface area (Å²) in [6.45, 7) is -0.305. The molecule has 1 aliphatic heterocycles. The van der Waals surface area contributed by atoms with Crippen molar-refractivity contribution in [2.24, 2.45) is 0 Å². The maximum absolute atomic E-state index is 13.7. The fourth-order valence-electron chi connectivity index (χ4n) is 3.50. The van der Waals surface area contributed by atoms with E-state index in [9.17, 15) is 24.5 Å². The zero-order valence-corrected chi connectivity index (χ0v) is 25.3. The van der Waals surface area contributed by atoms with E-state index in [-0.39, 0.29) is 33.9 Å². The molecule has 184 valence electrons. The number of halogens is 6. The molecule has 4 rings (SSSR count). The Bertz CT molecular complexity index is 1450. The average molecular weight is 786 g/mol. The van der Waals surface area contributed by atoms with Gasteiger partial charge in [-0.25, -0.2) is 5.01 Å². The van der Waals surface area contributed by atoms with Crippen LogP contribution in [0.5, 0.6) is 0 Å². The summed E-state index contributed by atoms with van der Waals surface area (Å²) >= 11 is 25.7. The molecular formula is C22H9Br4Cl2N3O5. The maximum Gasteiger partial charge on any atom is 0.282 e. The number of hydrogen-bond acceptors (Lipinski definition) is 5.